The molecule has 0 aliphatic heterocycles. The largest absolute Gasteiger partial charge is 0.309 e. The molecule has 15 aromatic carbocycles. The van der Waals surface area contributed by atoms with Crippen molar-refractivity contribution >= 4 is 173 Å². The van der Waals surface area contributed by atoms with E-state index in [9.17, 15) is 0 Å². The van der Waals surface area contributed by atoms with Crippen LogP contribution in [0.4, 0.5) is 34.1 Å². The third-order valence-electron chi connectivity index (χ3n) is 20.3. The number of hydrogen-bond acceptors (Lipinski definition) is 4. The molecule has 6 heterocycles. The average molecular weight is 1260 g/mol. The van der Waals surface area contributed by atoms with Crippen LogP contribution in [0.15, 0.2) is 328 Å². The highest BCUT2D eigenvalue weighted by Crippen LogP contribution is 2.56. The minimum atomic E-state index is 1.11. The molecular weight excluding hydrogens is 1200 g/mol. The second kappa shape index (κ2) is 20.7. The highest BCUT2D eigenvalue weighted by atomic mass is 32.1. The summed E-state index contributed by atoms with van der Waals surface area (Å²) in [5.41, 5.74) is 23.8. The Balaban J connectivity index is 0.777. The van der Waals surface area contributed by atoms with Gasteiger partial charge in [0.15, 0.2) is 0 Å². The number of rotatable bonds is 10. The Hall–Kier alpha value is -12.1. The molecule has 446 valence electrons. The van der Waals surface area contributed by atoms with Gasteiger partial charge in [-0.3, -0.25) is 0 Å². The highest BCUT2D eigenvalue weighted by molar-refractivity contribution is 7.26. The summed E-state index contributed by atoms with van der Waals surface area (Å²) >= 11 is 3.74. The van der Waals surface area contributed by atoms with Crippen molar-refractivity contribution < 1.29 is 0 Å². The molecule has 0 saturated carbocycles. The maximum absolute atomic E-state index is 2.64. The Morgan fingerprint density at radius 2 is 0.542 bits per heavy atom. The van der Waals surface area contributed by atoms with Gasteiger partial charge in [-0.1, -0.05) is 243 Å². The van der Waals surface area contributed by atoms with Crippen LogP contribution in [0.2, 0.25) is 0 Å². The summed E-state index contributed by atoms with van der Waals surface area (Å²) in [6.07, 6.45) is 0. The van der Waals surface area contributed by atoms with Crippen LogP contribution in [-0.4, -0.2) is 8.80 Å². The fourth-order valence-corrected chi connectivity index (χ4v) is 18.9. The topological polar surface area (TPSA) is 15.3 Å². The van der Waals surface area contributed by atoms with Gasteiger partial charge < -0.3 is 18.6 Å². The van der Waals surface area contributed by atoms with Crippen LogP contribution in [-0.2, 0) is 0 Å². The molecule has 0 aliphatic carbocycles. The SMILES string of the molecule is c1ccc(-c2c3c4cccc5c6c(-c7ccc(N(c8ccccc8)c8cccc9c8sc8ccccc89)cc7)cccc6n(c3c(-c3ccccc3)c3c6cccc7c8c(-c9ccc(N(c%10ccccc%10)c%10cccc%11c%10sc%10ccccc%10%11)cc9)cccc8n(c23)c76)c54)cc1. The van der Waals surface area contributed by atoms with Crippen molar-refractivity contribution in [3.8, 4) is 44.5 Å². The van der Waals surface area contributed by atoms with Gasteiger partial charge in [-0.15, -0.1) is 22.7 Å². The van der Waals surface area contributed by atoms with Gasteiger partial charge in [-0.05, 0) is 118 Å². The summed E-state index contributed by atoms with van der Waals surface area (Å²) in [4.78, 5) is 4.85. The van der Waals surface area contributed by atoms with E-state index in [1.165, 1.54) is 172 Å². The van der Waals surface area contributed by atoms with Gasteiger partial charge in [0, 0.05) is 108 Å². The lowest BCUT2D eigenvalue weighted by Gasteiger charge is -2.26. The van der Waals surface area contributed by atoms with Crippen molar-refractivity contribution in [2.75, 3.05) is 9.80 Å². The summed E-state index contributed by atoms with van der Waals surface area (Å²) in [6.45, 7) is 0. The lowest BCUT2D eigenvalue weighted by atomic mass is 9.89. The van der Waals surface area contributed by atoms with Crippen molar-refractivity contribution in [3.63, 3.8) is 0 Å². The van der Waals surface area contributed by atoms with Crippen molar-refractivity contribution in [1.29, 1.82) is 0 Å². The molecule has 0 saturated heterocycles. The van der Waals surface area contributed by atoms with Crippen molar-refractivity contribution in [1.82, 2.24) is 8.80 Å². The molecule has 0 aliphatic rings. The Kier molecular flexibility index (Phi) is 11.5. The number of hydrogen-bond donors (Lipinski definition) is 0. The molecule has 0 N–H and O–H groups in total. The van der Waals surface area contributed by atoms with Crippen LogP contribution in [0.5, 0.6) is 0 Å². The summed E-state index contributed by atoms with van der Waals surface area (Å²) < 4.78 is 10.4. The summed E-state index contributed by atoms with van der Waals surface area (Å²) in [7, 11) is 0. The Labute approximate surface area is 560 Å². The smallest absolute Gasteiger partial charge is 0.0640 e. The monoisotopic (exact) mass is 1250 g/mol. The van der Waals surface area contributed by atoms with E-state index in [0.29, 0.717) is 0 Å². The van der Waals surface area contributed by atoms with Gasteiger partial charge in [0.05, 0.1) is 53.9 Å². The van der Waals surface area contributed by atoms with E-state index in [4.69, 9.17) is 0 Å². The maximum atomic E-state index is 2.64. The fraction of sp³-hybridized carbons (Fsp3) is 0. The van der Waals surface area contributed by atoms with Gasteiger partial charge >= 0.3 is 0 Å². The zero-order chi connectivity index (χ0) is 62.7. The first-order valence-electron chi connectivity index (χ1n) is 32.9. The predicted molar refractivity (Wildman–Crippen MR) is 413 cm³/mol. The number of thiophene rings is 2. The van der Waals surface area contributed by atoms with Crippen LogP contribution in [0.3, 0.4) is 0 Å². The predicted octanol–water partition coefficient (Wildman–Crippen LogP) is 26.3. The molecule has 96 heavy (non-hydrogen) atoms. The Bertz CT molecular complexity index is 6260. The van der Waals surface area contributed by atoms with Gasteiger partial charge in [0.25, 0.3) is 0 Å². The maximum Gasteiger partial charge on any atom is 0.0640 e. The molecule has 0 amide bonds. The quantitative estimate of drug-likeness (QED) is 0.136. The molecule has 6 heteroatoms. The number of benzene rings is 15. The number of aromatic nitrogens is 2. The number of para-hydroxylation sites is 4. The first kappa shape index (κ1) is 53.4. The second-order valence-corrected chi connectivity index (χ2v) is 27.4. The minimum Gasteiger partial charge on any atom is -0.309 e. The first-order chi connectivity index (χ1) is 47.7. The molecule has 0 radical (unpaired) electrons. The van der Waals surface area contributed by atoms with Gasteiger partial charge in [0.2, 0.25) is 0 Å². The van der Waals surface area contributed by atoms with E-state index in [0.717, 1.165) is 22.7 Å². The molecule has 6 aromatic heterocycles. The van der Waals surface area contributed by atoms with E-state index in [1.807, 2.05) is 22.7 Å². The van der Waals surface area contributed by atoms with Gasteiger partial charge in [-0.25, -0.2) is 0 Å². The number of fused-ring (bicyclic) bond motifs is 18. The fourth-order valence-electron chi connectivity index (χ4n) is 16.5. The van der Waals surface area contributed by atoms with Gasteiger partial charge in [-0.2, -0.15) is 0 Å². The number of anilines is 6. The third kappa shape index (κ3) is 7.59. The van der Waals surface area contributed by atoms with Crippen LogP contribution >= 0.6 is 22.7 Å². The van der Waals surface area contributed by atoms with Crippen molar-refractivity contribution in [3.05, 3.63) is 328 Å². The summed E-state index contributed by atoms with van der Waals surface area (Å²) in [5, 5.41) is 15.1. The lowest BCUT2D eigenvalue weighted by molar-refractivity contribution is 1.30. The van der Waals surface area contributed by atoms with Crippen molar-refractivity contribution in [2.24, 2.45) is 0 Å². The molecule has 0 bridgehead atoms. The Morgan fingerprint density at radius 1 is 0.219 bits per heavy atom. The van der Waals surface area contributed by atoms with Crippen LogP contribution in [0.25, 0.3) is 161 Å². The minimum absolute atomic E-state index is 1.11. The van der Waals surface area contributed by atoms with E-state index in [1.54, 1.807) is 0 Å². The molecular formula is C90H54N4S2. The molecule has 0 atom stereocenters. The molecule has 0 spiro atoms. The molecule has 0 unspecified atom stereocenters. The van der Waals surface area contributed by atoms with E-state index in [-0.39, 0.29) is 0 Å². The molecule has 21 rings (SSSR count). The first-order valence-corrected chi connectivity index (χ1v) is 34.5. The van der Waals surface area contributed by atoms with Crippen molar-refractivity contribution in [2.45, 2.75) is 0 Å². The standard InChI is InChI=1S/C90H54N4S2/c1-5-23-57(24-6-1)79-83-71-39-17-37-69-82-64(56-49-53-62(54-50-56)92(60-29-11-4-12-30-60)76-44-22-36-68-66-32-14-16-46-78(66)96-90(68)76)34-20-42-74(82)94(85(69)71)88(83)80(58-25-7-2-8-26-58)84-72-40-18-38-70-81-63(33-19-41-73(81)93(86(70)72)87(79)84)55-47-51-61(52-48-55)91(59-27-9-3-10-28-59)75-43-21-35-67-65-31-13-15-45-77(65)95-89(67)75/h1-54H. The highest BCUT2D eigenvalue weighted by Gasteiger charge is 2.32. The van der Waals surface area contributed by atoms with E-state index < -0.39 is 0 Å². The van der Waals surface area contributed by atoms with Crippen LogP contribution < -0.4 is 9.80 Å². The third-order valence-corrected chi connectivity index (χ3v) is 22.8. The summed E-state index contributed by atoms with van der Waals surface area (Å²) in [5.74, 6) is 0. The molecule has 4 nitrogen and oxygen atoms in total. The second-order valence-electron chi connectivity index (χ2n) is 25.3. The van der Waals surface area contributed by atoms with Crippen LogP contribution in [0.1, 0.15) is 0 Å². The zero-order valence-corrected chi connectivity index (χ0v) is 53.4. The lowest BCUT2D eigenvalue weighted by Crippen LogP contribution is -2.09. The van der Waals surface area contributed by atoms with Crippen LogP contribution in [0, 0.1) is 0 Å². The van der Waals surface area contributed by atoms with E-state index in [2.05, 4.69) is 346 Å². The summed E-state index contributed by atoms with van der Waals surface area (Å²) in [6, 6.07) is 122. The molecule has 0 fully saturated rings. The van der Waals surface area contributed by atoms with Gasteiger partial charge in [0.1, 0.15) is 0 Å². The normalized spacial score (nSPS) is 12.2. The number of nitrogens with zero attached hydrogens (tertiary/aromatic N) is 4. The zero-order valence-electron chi connectivity index (χ0n) is 51.8. The molecule has 21 aromatic rings. The Morgan fingerprint density at radius 3 is 0.958 bits per heavy atom. The average Bonchev–Trinajstić information content (AvgIpc) is 1.49. The van der Waals surface area contributed by atoms with E-state index >= 15 is 0 Å².